The lowest BCUT2D eigenvalue weighted by Gasteiger charge is -2.17. The number of hydrogen-bond acceptors (Lipinski definition) is 3. The molecule has 1 aliphatic carbocycles. The van der Waals surface area contributed by atoms with Gasteiger partial charge in [0.1, 0.15) is 0 Å². The Morgan fingerprint density at radius 2 is 2.43 bits per heavy atom. The quantitative estimate of drug-likeness (QED) is 0.682. The second-order valence-electron chi connectivity index (χ2n) is 3.46. The molecule has 1 rings (SSSR count). The van der Waals surface area contributed by atoms with Crippen LogP contribution in [0.3, 0.4) is 0 Å². The predicted molar refractivity (Wildman–Crippen MR) is 59.7 cm³/mol. The molecule has 80 valence electrons. The van der Waals surface area contributed by atoms with Crippen molar-refractivity contribution in [3.05, 3.63) is 12.2 Å². The molecule has 0 aliphatic heterocycles. The molecule has 1 aliphatic rings. The molecule has 0 radical (unpaired) electrons. The van der Waals surface area contributed by atoms with E-state index >= 15 is 0 Å². The largest absolute Gasteiger partial charge is 0.478 e. The standard InChI is InChI=1S/C10H17NO2S/c1-14-9-5-2-4-8(9)11-7-3-6-10(12)13/h3,6,8-9,11H,2,4-5,7H2,1H3,(H,12,13)/b6-3+. The smallest absolute Gasteiger partial charge is 0.328 e. The summed E-state index contributed by atoms with van der Waals surface area (Å²) < 4.78 is 0. The Morgan fingerprint density at radius 3 is 3.07 bits per heavy atom. The topological polar surface area (TPSA) is 49.3 Å². The van der Waals surface area contributed by atoms with Gasteiger partial charge in [0.2, 0.25) is 0 Å². The lowest BCUT2D eigenvalue weighted by atomic mass is 10.2. The summed E-state index contributed by atoms with van der Waals surface area (Å²) in [6.45, 7) is 0.661. The first kappa shape index (κ1) is 11.6. The third-order valence-electron chi connectivity index (χ3n) is 2.51. The first-order valence-electron chi connectivity index (χ1n) is 4.89. The average molecular weight is 215 g/mol. The maximum atomic E-state index is 10.2. The fourth-order valence-electron chi connectivity index (χ4n) is 1.82. The van der Waals surface area contributed by atoms with Crippen LogP contribution < -0.4 is 5.32 Å². The molecule has 1 saturated carbocycles. The molecule has 0 saturated heterocycles. The fourth-order valence-corrected chi connectivity index (χ4v) is 2.78. The van der Waals surface area contributed by atoms with Crippen molar-refractivity contribution in [2.45, 2.75) is 30.6 Å². The van der Waals surface area contributed by atoms with Crippen molar-refractivity contribution in [2.24, 2.45) is 0 Å². The highest BCUT2D eigenvalue weighted by Crippen LogP contribution is 2.28. The van der Waals surface area contributed by atoms with E-state index in [2.05, 4.69) is 11.6 Å². The van der Waals surface area contributed by atoms with E-state index in [-0.39, 0.29) is 0 Å². The molecule has 3 nitrogen and oxygen atoms in total. The van der Waals surface area contributed by atoms with Crippen LogP contribution in [-0.2, 0) is 4.79 Å². The van der Waals surface area contributed by atoms with E-state index in [0.29, 0.717) is 17.8 Å². The fraction of sp³-hybridized carbons (Fsp3) is 0.700. The minimum atomic E-state index is -0.875. The van der Waals surface area contributed by atoms with Gasteiger partial charge in [-0.25, -0.2) is 4.79 Å². The molecular weight excluding hydrogens is 198 g/mol. The number of carboxylic acids is 1. The second kappa shape index (κ2) is 6.09. The normalized spacial score (nSPS) is 27.2. The van der Waals surface area contributed by atoms with Gasteiger partial charge in [-0.05, 0) is 19.1 Å². The highest BCUT2D eigenvalue weighted by molar-refractivity contribution is 7.99. The number of nitrogens with one attached hydrogen (secondary N) is 1. The molecule has 14 heavy (non-hydrogen) atoms. The number of rotatable bonds is 5. The van der Waals surface area contributed by atoms with E-state index in [1.807, 2.05) is 11.8 Å². The lowest BCUT2D eigenvalue weighted by Crippen LogP contribution is -2.34. The molecular formula is C10H17NO2S. The number of carbonyl (C=O) groups is 1. The average Bonchev–Trinajstić information content (AvgIpc) is 2.59. The van der Waals surface area contributed by atoms with E-state index < -0.39 is 5.97 Å². The van der Waals surface area contributed by atoms with Gasteiger partial charge < -0.3 is 10.4 Å². The van der Waals surface area contributed by atoms with Crippen molar-refractivity contribution >= 4 is 17.7 Å². The summed E-state index contributed by atoms with van der Waals surface area (Å²) in [4.78, 5) is 10.2. The zero-order valence-corrected chi connectivity index (χ0v) is 9.22. The molecule has 0 spiro atoms. The van der Waals surface area contributed by atoms with Crippen molar-refractivity contribution < 1.29 is 9.90 Å². The van der Waals surface area contributed by atoms with Gasteiger partial charge in [0.15, 0.2) is 0 Å². The Bertz CT molecular complexity index is 218. The van der Waals surface area contributed by atoms with Crippen LogP contribution in [0.2, 0.25) is 0 Å². The summed E-state index contributed by atoms with van der Waals surface area (Å²) in [7, 11) is 0. The van der Waals surface area contributed by atoms with Gasteiger partial charge in [0.25, 0.3) is 0 Å². The van der Waals surface area contributed by atoms with Crippen LogP contribution >= 0.6 is 11.8 Å². The summed E-state index contributed by atoms with van der Waals surface area (Å²) in [6, 6.07) is 0.559. The molecule has 0 amide bonds. The Balaban J connectivity index is 2.20. The van der Waals surface area contributed by atoms with E-state index in [1.54, 1.807) is 6.08 Å². The van der Waals surface area contributed by atoms with Crippen LogP contribution in [0.4, 0.5) is 0 Å². The summed E-state index contributed by atoms with van der Waals surface area (Å²) in [5.74, 6) is -0.875. The van der Waals surface area contributed by atoms with Crippen molar-refractivity contribution in [1.82, 2.24) is 5.32 Å². The second-order valence-corrected chi connectivity index (χ2v) is 4.54. The molecule has 2 atom stereocenters. The van der Waals surface area contributed by atoms with Crippen LogP contribution in [0, 0.1) is 0 Å². The zero-order valence-electron chi connectivity index (χ0n) is 8.40. The van der Waals surface area contributed by atoms with Crippen molar-refractivity contribution in [3.63, 3.8) is 0 Å². The summed E-state index contributed by atoms with van der Waals surface area (Å²) >= 11 is 1.90. The minimum Gasteiger partial charge on any atom is -0.478 e. The van der Waals surface area contributed by atoms with Crippen molar-refractivity contribution in [1.29, 1.82) is 0 Å². The van der Waals surface area contributed by atoms with Crippen molar-refractivity contribution in [3.8, 4) is 0 Å². The molecule has 0 aromatic rings. The molecule has 0 aromatic heterocycles. The van der Waals surface area contributed by atoms with Gasteiger partial charge in [0.05, 0.1) is 0 Å². The van der Waals surface area contributed by atoms with Crippen LogP contribution in [0.1, 0.15) is 19.3 Å². The van der Waals surface area contributed by atoms with Gasteiger partial charge in [0, 0.05) is 23.9 Å². The first-order chi connectivity index (χ1) is 6.74. The summed E-state index contributed by atoms with van der Waals surface area (Å²) in [6.07, 6.45) is 8.77. The summed E-state index contributed by atoms with van der Waals surface area (Å²) in [5.41, 5.74) is 0. The van der Waals surface area contributed by atoms with E-state index in [0.717, 1.165) is 0 Å². The maximum Gasteiger partial charge on any atom is 0.328 e. The molecule has 0 heterocycles. The number of aliphatic carboxylic acids is 1. The SMILES string of the molecule is CSC1CCCC1NC/C=C/C(=O)O. The van der Waals surface area contributed by atoms with E-state index in [9.17, 15) is 4.79 Å². The summed E-state index contributed by atoms with van der Waals surface area (Å²) in [5, 5.41) is 12.5. The monoisotopic (exact) mass is 215 g/mol. The molecule has 4 heteroatoms. The molecule has 0 aromatic carbocycles. The highest BCUT2D eigenvalue weighted by Gasteiger charge is 2.25. The van der Waals surface area contributed by atoms with Gasteiger partial charge >= 0.3 is 5.97 Å². The van der Waals surface area contributed by atoms with Crippen LogP contribution in [-0.4, -0.2) is 35.2 Å². The van der Waals surface area contributed by atoms with E-state index in [4.69, 9.17) is 5.11 Å². The Labute approximate surface area is 89.0 Å². The molecule has 0 bridgehead atoms. The van der Waals surface area contributed by atoms with E-state index in [1.165, 1.54) is 25.3 Å². The highest BCUT2D eigenvalue weighted by atomic mass is 32.2. The van der Waals surface area contributed by atoms with Gasteiger partial charge in [-0.2, -0.15) is 11.8 Å². The molecule has 1 fully saturated rings. The predicted octanol–water partition coefficient (Wildman–Crippen LogP) is 1.50. The zero-order chi connectivity index (χ0) is 10.4. The first-order valence-corrected chi connectivity index (χ1v) is 6.18. The molecule has 2 unspecified atom stereocenters. The Hall–Kier alpha value is -0.480. The third-order valence-corrected chi connectivity index (χ3v) is 3.68. The molecule has 2 N–H and O–H groups in total. The van der Waals surface area contributed by atoms with Gasteiger partial charge in [-0.15, -0.1) is 0 Å². The van der Waals surface area contributed by atoms with Gasteiger partial charge in [-0.3, -0.25) is 0 Å². The van der Waals surface area contributed by atoms with Crippen LogP contribution in [0.25, 0.3) is 0 Å². The van der Waals surface area contributed by atoms with Crippen LogP contribution in [0.15, 0.2) is 12.2 Å². The Kier molecular flexibility index (Phi) is 5.04. The maximum absolute atomic E-state index is 10.2. The van der Waals surface area contributed by atoms with Crippen LogP contribution in [0.5, 0.6) is 0 Å². The van der Waals surface area contributed by atoms with Gasteiger partial charge in [-0.1, -0.05) is 12.5 Å². The number of hydrogen-bond donors (Lipinski definition) is 2. The number of carboxylic acid groups (broad SMARTS) is 1. The minimum absolute atomic E-state index is 0.559. The lowest BCUT2D eigenvalue weighted by molar-refractivity contribution is -0.131. The Morgan fingerprint density at radius 1 is 1.64 bits per heavy atom. The third kappa shape index (κ3) is 3.72. The number of thioether (sulfide) groups is 1. The van der Waals surface area contributed by atoms with Crippen molar-refractivity contribution in [2.75, 3.05) is 12.8 Å².